The predicted octanol–water partition coefficient (Wildman–Crippen LogP) is 3.99. The van der Waals surface area contributed by atoms with Crippen LogP contribution in [0.15, 0.2) is 18.3 Å². The first-order valence-electron chi connectivity index (χ1n) is 5.41. The first-order chi connectivity index (χ1) is 8.49. The van der Waals surface area contributed by atoms with Crippen molar-refractivity contribution >= 4 is 11.6 Å². The Bertz CT molecular complexity index is 602. The second kappa shape index (κ2) is 4.90. The van der Waals surface area contributed by atoms with Crippen molar-refractivity contribution in [2.75, 3.05) is 0 Å². The van der Waals surface area contributed by atoms with Crippen LogP contribution in [0.5, 0.6) is 11.6 Å². The molecule has 1 aromatic carbocycles. The Morgan fingerprint density at radius 2 is 1.83 bits per heavy atom. The molecule has 0 aliphatic rings. The zero-order chi connectivity index (χ0) is 13.3. The molecule has 0 atom stereocenters. The molecule has 0 fully saturated rings. The lowest BCUT2D eigenvalue weighted by Crippen LogP contribution is -1.98. The zero-order valence-electron chi connectivity index (χ0n) is 10.3. The van der Waals surface area contributed by atoms with Crippen molar-refractivity contribution in [2.45, 2.75) is 20.8 Å². The molecule has 0 bridgehead atoms. The van der Waals surface area contributed by atoms with Gasteiger partial charge in [0.1, 0.15) is 5.75 Å². The lowest BCUT2D eigenvalue weighted by molar-refractivity contribution is 0.414. The van der Waals surface area contributed by atoms with Gasteiger partial charge in [0.15, 0.2) is 0 Å². The van der Waals surface area contributed by atoms with Crippen LogP contribution >= 0.6 is 11.6 Å². The summed E-state index contributed by atoms with van der Waals surface area (Å²) in [6, 6.07) is 3.90. The van der Waals surface area contributed by atoms with E-state index < -0.39 is 5.82 Å². The number of hydrogen-bond acceptors (Lipinski definition) is 3. The Hall–Kier alpha value is -1.68. The van der Waals surface area contributed by atoms with Crippen molar-refractivity contribution in [3.05, 3.63) is 46.1 Å². The second-order valence-electron chi connectivity index (χ2n) is 4.05. The monoisotopic (exact) mass is 266 g/mol. The van der Waals surface area contributed by atoms with Crippen LogP contribution in [0.4, 0.5) is 4.39 Å². The molecule has 2 aromatic rings. The van der Waals surface area contributed by atoms with E-state index in [1.54, 1.807) is 0 Å². The number of rotatable bonds is 2. The van der Waals surface area contributed by atoms with Gasteiger partial charge >= 0.3 is 0 Å². The third-order valence-electron chi connectivity index (χ3n) is 2.75. The maximum Gasteiger partial charge on any atom is 0.260 e. The van der Waals surface area contributed by atoms with Crippen LogP contribution in [0.3, 0.4) is 0 Å². The third-order valence-corrected chi connectivity index (χ3v) is 2.94. The number of halogens is 2. The highest BCUT2D eigenvalue weighted by molar-refractivity contribution is 6.28. The van der Waals surface area contributed by atoms with Gasteiger partial charge in [0.25, 0.3) is 5.88 Å². The predicted molar refractivity (Wildman–Crippen MR) is 67.7 cm³/mol. The molecular weight excluding hydrogens is 255 g/mol. The van der Waals surface area contributed by atoms with Crippen LogP contribution in [-0.2, 0) is 0 Å². The molecule has 0 unspecified atom stereocenters. The Labute approximate surface area is 110 Å². The van der Waals surface area contributed by atoms with E-state index in [4.69, 9.17) is 16.3 Å². The van der Waals surface area contributed by atoms with Crippen molar-refractivity contribution in [1.29, 1.82) is 0 Å². The van der Waals surface area contributed by atoms with Crippen molar-refractivity contribution in [2.24, 2.45) is 0 Å². The van der Waals surface area contributed by atoms with E-state index in [0.717, 1.165) is 22.9 Å². The summed E-state index contributed by atoms with van der Waals surface area (Å²) in [7, 11) is 0. The van der Waals surface area contributed by atoms with Crippen molar-refractivity contribution < 1.29 is 9.13 Å². The minimum absolute atomic E-state index is 0.0469. The SMILES string of the molecule is Cc1ccc(C)c(Oc2nc(Cl)ncc2F)c1C. The summed E-state index contributed by atoms with van der Waals surface area (Å²) in [6.07, 6.45) is 0.991. The summed E-state index contributed by atoms with van der Waals surface area (Å²) in [4.78, 5) is 7.28. The van der Waals surface area contributed by atoms with Crippen LogP contribution in [0, 0.1) is 26.6 Å². The molecule has 94 valence electrons. The average Bonchev–Trinajstić information content (AvgIpc) is 2.34. The Kier molecular flexibility index (Phi) is 3.48. The lowest BCUT2D eigenvalue weighted by Gasteiger charge is -2.13. The molecule has 18 heavy (non-hydrogen) atoms. The largest absolute Gasteiger partial charge is 0.436 e. The quantitative estimate of drug-likeness (QED) is 0.771. The van der Waals surface area contributed by atoms with Gasteiger partial charge in [-0.15, -0.1) is 0 Å². The van der Waals surface area contributed by atoms with E-state index >= 15 is 0 Å². The fourth-order valence-corrected chi connectivity index (χ4v) is 1.71. The lowest BCUT2D eigenvalue weighted by atomic mass is 10.1. The normalized spacial score (nSPS) is 10.5. The van der Waals surface area contributed by atoms with E-state index in [1.807, 2.05) is 32.9 Å². The van der Waals surface area contributed by atoms with E-state index in [1.165, 1.54) is 0 Å². The van der Waals surface area contributed by atoms with Gasteiger partial charge in [-0.1, -0.05) is 12.1 Å². The first-order valence-corrected chi connectivity index (χ1v) is 5.79. The van der Waals surface area contributed by atoms with Crippen molar-refractivity contribution in [3.63, 3.8) is 0 Å². The smallest absolute Gasteiger partial charge is 0.260 e. The standard InChI is InChI=1S/C13H12ClFN2O/c1-7-4-5-8(2)11(9(7)3)18-12-10(15)6-16-13(14)17-12/h4-6H,1-3H3. The highest BCUT2D eigenvalue weighted by atomic mass is 35.5. The van der Waals surface area contributed by atoms with Crippen LogP contribution in [0.1, 0.15) is 16.7 Å². The van der Waals surface area contributed by atoms with Crippen LogP contribution in [0.25, 0.3) is 0 Å². The third kappa shape index (κ3) is 2.43. The van der Waals surface area contributed by atoms with Gasteiger partial charge in [0.2, 0.25) is 11.1 Å². The molecule has 1 heterocycles. The molecule has 0 N–H and O–H groups in total. The fourth-order valence-electron chi connectivity index (χ4n) is 1.58. The molecule has 0 saturated carbocycles. The van der Waals surface area contributed by atoms with Gasteiger partial charge in [0, 0.05) is 0 Å². The van der Waals surface area contributed by atoms with Gasteiger partial charge in [-0.3, -0.25) is 0 Å². The van der Waals surface area contributed by atoms with E-state index in [-0.39, 0.29) is 11.2 Å². The van der Waals surface area contributed by atoms with E-state index in [0.29, 0.717) is 5.75 Å². The van der Waals surface area contributed by atoms with Crippen molar-refractivity contribution in [1.82, 2.24) is 9.97 Å². The summed E-state index contributed by atoms with van der Waals surface area (Å²) in [6.45, 7) is 5.77. The number of ether oxygens (including phenoxy) is 1. The molecule has 5 heteroatoms. The van der Waals surface area contributed by atoms with Gasteiger partial charge in [-0.2, -0.15) is 9.37 Å². The maximum absolute atomic E-state index is 13.5. The summed E-state index contributed by atoms with van der Waals surface area (Å²) in [5.74, 6) is -0.199. The zero-order valence-corrected chi connectivity index (χ0v) is 11.0. The van der Waals surface area contributed by atoms with Crippen LogP contribution in [0.2, 0.25) is 5.28 Å². The molecule has 2 rings (SSSR count). The molecule has 0 aliphatic heterocycles. The van der Waals surface area contributed by atoms with E-state index in [2.05, 4.69) is 9.97 Å². The molecular formula is C13H12ClFN2O. The molecule has 1 aromatic heterocycles. The highest BCUT2D eigenvalue weighted by Crippen LogP contribution is 2.31. The minimum atomic E-state index is -0.639. The second-order valence-corrected chi connectivity index (χ2v) is 4.39. The van der Waals surface area contributed by atoms with Crippen LogP contribution in [-0.4, -0.2) is 9.97 Å². The summed E-state index contributed by atoms with van der Waals surface area (Å²) in [5.41, 5.74) is 2.92. The molecule has 0 amide bonds. The summed E-state index contributed by atoms with van der Waals surface area (Å²) in [5, 5.41) is -0.0469. The number of aryl methyl sites for hydroxylation is 2. The van der Waals surface area contributed by atoms with Gasteiger partial charge < -0.3 is 4.74 Å². The van der Waals surface area contributed by atoms with Gasteiger partial charge in [0.05, 0.1) is 6.20 Å². The highest BCUT2D eigenvalue weighted by Gasteiger charge is 2.13. The molecule has 0 spiro atoms. The molecule has 3 nitrogen and oxygen atoms in total. The average molecular weight is 267 g/mol. The van der Waals surface area contributed by atoms with Crippen LogP contribution < -0.4 is 4.74 Å². The summed E-state index contributed by atoms with van der Waals surface area (Å²) < 4.78 is 19.0. The first kappa shape index (κ1) is 12.8. The van der Waals surface area contributed by atoms with E-state index in [9.17, 15) is 4.39 Å². The fraction of sp³-hybridized carbons (Fsp3) is 0.231. The number of nitrogens with zero attached hydrogens (tertiary/aromatic N) is 2. The number of benzene rings is 1. The number of aromatic nitrogens is 2. The number of hydrogen-bond donors (Lipinski definition) is 0. The molecule has 0 aliphatic carbocycles. The topological polar surface area (TPSA) is 35.0 Å². The maximum atomic E-state index is 13.5. The Balaban J connectivity index is 2.46. The van der Waals surface area contributed by atoms with Gasteiger partial charge in [-0.25, -0.2) is 4.98 Å². The Morgan fingerprint density at radius 3 is 2.56 bits per heavy atom. The minimum Gasteiger partial charge on any atom is -0.436 e. The molecule has 0 radical (unpaired) electrons. The van der Waals surface area contributed by atoms with Crippen molar-refractivity contribution in [3.8, 4) is 11.6 Å². The Morgan fingerprint density at radius 1 is 1.17 bits per heavy atom. The molecule has 0 saturated heterocycles. The summed E-state index contributed by atoms with van der Waals surface area (Å²) >= 11 is 5.63. The van der Waals surface area contributed by atoms with Gasteiger partial charge in [-0.05, 0) is 49.1 Å².